The lowest BCUT2D eigenvalue weighted by Gasteiger charge is -2.32. The Balaban J connectivity index is 2.49. The first-order chi connectivity index (χ1) is 9.32. The molecule has 1 N–H and O–H groups in total. The van der Waals surface area contributed by atoms with Gasteiger partial charge in [-0.05, 0) is 40.0 Å². The molecule has 4 amide bonds. The molecule has 0 bridgehead atoms. The molecule has 2 rings (SSSR count). The van der Waals surface area contributed by atoms with Gasteiger partial charge < -0.3 is 0 Å². The Morgan fingerprint density at radius 1 is 1.30 bits per heavy atom. The van der Waals surface area contributed by atoms with Gasteiger partial charge in [-0.1, -0.05) is 25.4 Å². The van der Waals surface area contributed by atoms with E-state index in [1.54, 1.807) is 26.0 Å². The minimum Gasteiger partial charge on any atom is -0.277 e. The highest BCUT2D eigenvalue weighted by Crippen LogP contribution is 2.32. The average Bonchev–Trinajstić information content (AvgIpc) is 2.32. The molecule has 1 saturated heterocycles. The molecule has 0 radical (unpaired) electrons. The van der Waals surface area contributed by atoms with E-state index in [4.69, 9.17) is 11.6 Å². The first-order valence-corrected chi connectivity index (χ1v) is 7.14. The van der Waals surface area contributed by atoms with E-state index < -0.39 is 23.8 Å². The van der Waals surface area contributed by atoms with E-state index in [1.165, 1.54) is 6.07 Å². The zero-order valence-corrected chi connectivity index (χ0v) is 13.2. The van der Waals surface area contributed by atoms with Gasteiger partial charge in [-0.2, -0.15) is 0 Å². The molecule has 5 nitrogen and oxygen atoms in total. The maximum Gasteiger partial charge on any atom is 0.335 e. The third-order valence-corrected chi connectivity index (χ3v) is 3.92. The topological polar surface area (TPSA) is 66.5 Å². The van der Waals surface area contributed by atoms with Crippen LogP contribution in [0, 0.1) is 11.8 Å². The zero-order chi connectivity index (χ0) is 15.0. The lowest BCUT2D eigenvalue weighted by atomic mass is 9.92. The van der Waals surface area contributed by atoms with Crippen LogP contribution in [0.2, 0.25) is 5.02 Å². The molecule has 0 aromatic heterocycles. The molecular formula is C13H12BrClN2O3. The number of hydrogen-bond acceptors (Lipinski definition) is 3. The fourth-order valence-electron chi connectivity index (χ4n) is 2.06. The molecule has 1 aromatic rings. The number of rotatable bonds is 2. The Morgan fingerprint density at radius 2 is 1.95 bits per heavy atom. The monoisotopic (exact) mass is 358 g/mol. The molecule has 7 heteroatoms. The molecule has 1 aromatic carbocycles. The average molecular weight is 360 g/mol. The van der Waals surface area contributed by atoms with Crippen LogP contribution < -0.4 is 10.2 Å². The minimum atomic E-state index is -0.890. The Morgan fingerprint density at radius 3 is 2.55 bits per heavy atom. The standard InChI is InChI=1S/C13H12BrClN2O3/c1-6(2)10-11(18)16-13(20)17(12(10)19)9-5-7(15)3-4-8(9)14/h3-6,10H,1-2H3,(H,16,18,20). The van der Waals surface area contributed by atoms with E-state index in [0.29, 0.717) is 15.2 Å². The molecule has 0 spiro atoms. The number of hydrogen-bond donors (Lipinski definition) is 1. The second-order valence-corrected chi connectivity index (χ2v) is 6.08. The molecule has 0 aliphatic carbocycles. The first-order valence-electron chi connectivity index (χ1n) is 5.96. The smallest absolute Gasteiger partial charge is 0.277 e. The number of carbonyl (C=O) groups is 3. The quantitative estimate of drug-likeness (QED) is 0.826. The van der Waals surface area contributed by atoms with Crippen molar-refractivity contribution in [2.45, 2.75) is 13.8 Å². The Labute approximate surface area is 129 Å². The Kier molecular flexibility index (Phi) is 4.15. The summed E-state index contributed by atoms with van der Waals surface area (Å²) < 4.78 is 0.544. The normalized spacial score (nSPS) is 19.6. The summed E-state index contributed by atoms with van der Waals surface area (Å²) in [5.74, 6) is -2.21. The highest BCUT2D eigenvalue weighted by Gasteiger charge is 2.43. The fourth-order valence-corrected chi connectivity index (χ4v) is 2.65. The summed E-state index contributed by atoms with van der Waals surface area (Å²) in [4.78, 5) is 37.1. The Bertz CT molecular complexity index is 603. The van der Waals surface area contributed by atoms with E-state index in [1.807, 2.05) is 0 Å². The van der Waals surface area contributed by atoms with E-state index in [0.717, 1.165) is 4.90 Å². The van der Waals surface area contributed by atoms with Crippen molar-refractivity contribution in [1.29, 1.82) is 0 Å². The maximum atomic E-state index is 12.4. The van der Waals surface area contributed by atoms with Gasteiger partial charge >= 0.3 is 6.03 Å². The Hall–Kier alpha value is -1.40. The van der Waals surface area contributed by atoms with Gasteiger partial charge in [0.25, 0.3) is 0 Å². The van der Waals surface area contributed by atoms with Crippen molar-refractivity contribution in [1.82, 2.24) is 5.32 Å². The predicted octanol–water partition coefficient (Wildman–Crippen LogP) is 2.96. The van der Waals surface area contributed by atoms with E-state index in [9.17, 15) is 14.4 Å². The number of benzene rings is 1. The summed E-state index contributed by atoms with van der Waals surface area (Å²) in [7, 11) is 0. The number of urea groups is 1. The van der Waals surface area contributed by atoms with E-state index >= 15 is 0 Å². The highest BCUT2D eigenvalue weighted by atomic mass is 79.9. The molecule has 1 unspecified atom stereocenters. The van der Waals surface area contributed by atoms with Crippen molar-refractivity contribution in [2.24, 2.45) is 11.8 Å². The summed E-state index contributed by atoms with van der Waals surface area (Å²) >= 11 is 9.18. The molecule has 1 heterocycles. The molecular weight excluding hydrogens is 348 g/mol. The van der Waals surface area contributed by atoms with E-state index in [-0.39, 0.29) is 5.92 Å². The van der Waals surface area contributed by atoms with Crippen LogP contribution in [0.4, 0.5) is 10.5 Å². The number of barbiturate groups is 1. The van der Waals surface area contributed by atoms with E-state index in [2.05, 4.69) is 21.2 Å². The third kappa shape index (κ3) is 2.58. The molecule has 1 fully saturated rings. The van der Waals surface area contributed by atoms with Crippen LogP contribution >= 0.6 is 27.5 Å². The number of anilines is 1. The minimum absolute atomic E-state index is 0.212. The second kappa shape index (κ2) is 5.54. The van der Waals surface area contributed by atoms with Gasteiger partial charge in [0.15, 0.2) is 0 Å². The van der Waals surface area contributed by atoms with Gasteiger partial charge in [0.05, 0.1) is 5.69 Å². The second-order valence-electron chi connectivity index (χ2n) is 4.79. The van der Waals surface area contributed by atoms with Crippen LogP contribution in [0.15, 0.2) is 22.7 Å². The number of amides is 4. The van der Waals surface area contributed by atoms with Crippen molar-refractivity contribution in [3.05, 3.63) is 27.7 Å². The van der Waals surface area contributed by atoms with Crippen molar-refractivity contribution in [3.8, 4) is 0 Å². The third-order valence-electron chi connectivity index (χ3n) is 3.02. The molecule has 1 aliphatic rings. The highest BCUT2D eigenvalue weighted by molar-refractivity contribution is 9.10. The van der Waals surface area contributed by atoms with Gasteiger partial charge in [-0.25, -0.2) is 9.69 Å². The van der Waals surface area contributed by atoms with Crippen molar-refractivity contribution in [3.63, 3.8) is 0 Å². The number of imide groups is 2. The van der Waals surface area contributed by atoms with Gasteiger partial charge in [-0.3, -0.25) is 14.9 Å². The van der Waals surface area contributed by atoms with Gasteiger partial charge in [0.2, 0.25) is 11.8 Å². The van der Waals surface area contributed by atoms with Crippen LogP contribution in [0.3, 0.4) is 0 Å². The SMILES string of the molecule is CC(C)C1C(=O)NC(=O)N(c2cc(Cl)ccc2Br)C1=O. The van der Waals surface area contributed by atoms with Crippen molar-refractivity contribution >= 4 is 51.1 Å². The number of halogens is 2. The summed E-state index contributed by atoms with van der Waals surface area (Å²) in [6.07, 6.45) is 0. The number of nitrogens with one attached hydrogen (secondary N) is 1. The fraction of sp³-hybridized carbons (Fsp3) is 0.308. The van der Waals surface area contributed by atoms with Crippen molar-refractivity contribution in [2.75, 3.05) is 4.90 Å². The van der Waals surface area contributed by atoms with Gasteiger partial charge in [0, 0.05) is 9.50 Å². The predicted molar refractivity (Wildman–Crippen MR) is 78.5 cm³/mol. The lowest BCUT2D eigenvalue weighted by Crippen LogP contribution is -2.59. The largest absolute Gasteiger partial charge is 0.335 e. The maximum absolute atomic E-state index is 12.4. The summed E-state index contributed by atoms with van der Waals surface area (Å²) in [6, 6.07) is 4.00. The lowest BCUT2D eigenvalue weighted by molar-refractivity contribution is -0.136. The summed E-state index contributed by atoms with van der Waals surface area (Å²) in [5.41, 5.74) is 0.318. The van der Waals surface area contributed by atoms with Crippen molar-refractivity contribution < 1.29 is 14.4 Å². The molecule has 106 valence electrons. The first kappa shape index (κ1) is 15.0. The van der Waals surface area contributed by atoms with Crippen LogP contribution in [0.25, 0.3) is 0 Å². The summed E-state index contributed by atoms with van der Waals surface area (Å²) in [6.45, 7) is 3.51. The molecule has 1 atom stereocenters. The molecule has 0 saturated carbocycles. The van der Waals surface area contributed by atoms with Gasteiger partial charge in [-0.15, -0.1) is 0 Å². The zero-order valence-electron chi connectivity index (χ0n) is 10.8. The van der Waals surface area contributed by atoms with Gasteiger partial charge in [0.1, 0.15) is 5.92 Å². The van der Waals surface area contributed by atoms with Crippen LogP contribution in [-0.4, -0.2) is 17.8 Å². The van der Waals surface area contributed by atoms with Crippen LogP contribution in [-0.2, 0) is 9.59 Å². The van der Waals surface area contributed by atoms with Crippen LogP contribution in [0.5, 0.6) is 0 Å². The van der Waals surface area contributed by atoms with Crippen LogP contribution in [0.1, 0.15) is 13.8 Å². The number of carbonyl (C=O) groups excluding carboxylic acids is 3. The molecule has 1 aliphatic heterocycles. The summed E-state index contributed by atoms with van der Waals surface area (Å²) in [5, 5.41) is 2.59. The number of nitrogens with zero attached hydrogens (tertiary/aromatic N) is 1. The molecule has 20 heavy (non-hydrogen) atoms.